The molecule has 1 aliphatic rings. The summed E-state index contributed by atoms with van der Waals surface area (Å²) in [5.74, 6) is -1.05. The lowest BCUT2D eigenvalue weighted by Crippen LogP contribution is -2.49. The predicted octanol–water partition coefficient (Wildman–Crippen LogP) is 0.487. The van der Waals surface area contributed by atoms with Crippen molar-refractivity contribution in [1.29, 1.82) is 0 Å². The van der Waals surface area contributed by atoms with E-state index in [1.54, 1.807) is 0 Å². The average Bonchev–Trinajstić information content (AvgIpc) is 2.76. The number of likely N-dealkylation sites (tertiary alicyclic amines) is 1. The van der Waals surface area contributed by atoms with Gasteiger partial charge in [0.2, 0.25) is 5.91 Å². The number of amides is 3. The van der Waals surface area contributed by atoms with E-state index in [1.807, 2.05) is 0 Å². The fraction of sp³-hybridized carbons (Fsp3) is 0.700. The summed E-state index contributed by atoms with van der Waals surface area (Å²) < 4.78 is 4.60. The van der Waals surface area contributed by atoms with E-state index < -0.39 is 29.3 Å². The van der Waals surface area contributed by atoms with Crippen LogP contribution in [0, 0.1) is 0 Å². The van der Waals surface area contributed by atoms with E-state index in [0.29, 0.717) is 19.4 Å². The first-order valence-corrected chi connectivity index (χ1v) is 5.74. The molecule has 1 N–H and O–H groups in total. The van der Waals surface area contributed by atoms with Crippen LogP contribution in [-0.4, -0.2) is 47.9 Å². The predicted molar refractivity (Wildman–Crippen MR) is 60.6 cm³/mol. The normalized spacial score (nSPS) is 20.9. The first-order valence-electron chi connectivity index (χ1n) is 5.30. The number of methoxy groups -OCH3 is 1. The van der Waals surface area contributed by atoms with Crippen molar-refractivity contribution in [2.75, 3.05) is 13.7 Å². The molecule has 2 unspecified atom stereocenters. The SMILES string of the molecule is COC(=O)C1CCCN1C(=O)NC(=O)C(C)Cl. The van der Waals surface area contributed by atoms with Crippen molar-refractivity contribution >= 4 is 29.5 Å². The molecule has 0 aliphatic carbocycles. The number of rotatable bonds is 2. The van der Waals surface area contributed by atoms with Gasteiger partial charge in [-0.3, -0.25) is 10.1 Å². The molecule has 0 radical (unpaired) electrons. The Morgan fingerprint density at radius 1 is 1.47 bits per heavy atom. The Labute approximate surface area is 104 Å². The van der Waals surface area contributed by atoms with E-state index >= 15 is 0 Å². The quantitative estimate of drug-likeness (QED) is 0.580. The number of halogens is 1. The molecule has 1 saturated heterocycles. The fourth-order valence-electron chi connectivity index (χ4n) is 1.67. The zero-order valence-electron chi connectivity index (χ0n) is 9.73. The number of alkyl halides is 1. The molecule has 0 spiro atoms. The number of carbonyl (C=O) groups excluding carboxylic acids is 3. The third-order valence-electron chi connectivity index (χ3n) is 2.58. The highest BCUT2D eigenvalue weighted by Gasteiger charge is 2.35. The molecule has 96 valence electrons. The fourth-order valence-corrected chi connectivity index (χ4v) is 1.72. The number of carbonyl (C=O) groups is 3. The summed E-state index contributed by atoms with van der Waals surface area (Å²) in [5, 5.41) is 1.35. The lowest BCUT2D eigenvalue weighted by Gasteiger charge is -2.22. The van der Waals surface area contributed by atoms with E-state index in [4.69, 9.17) is 11.6 Å². The molecule has 1 rings (SSSR count). The Morgan fingerprint density at radius 3 is 2.65 bits per heavy atom. The molecule has 6 nitrogen and oxygen atoms in total. The van der Waals surface area contributed by atoms with Crippen LogP contribution in [0.25, 0.3) is 0 Å². The number of urea groups is 1. The molecule has 7 heteroatoms. The van der Waals surface area contributed by atoms with Crippen LogP contribution in [0.15, 0.2) is 0 Å². The van der Waals surface area contributed by atoms with E-state index in [9.17, 15) is 14.4 Å². The maximum Gasteiger partial charge on any atom is 0.328 e. The first kappa shape index (κ1) is 13.8. The Kier molecular flexibility index (Phi) is 4.74. The van der Waals surface area contributed by atoms with Crippen molar-refractivity contribution in [1.82, 2.24) is 10.2 Å². The molecular formula is C10H15ClN2O4. The van der Waals surface area contributed by atoms with Crippen molar-refractivity contribution in [3.8, 4) is 0 Å². The van der Waals surface area contributed by atoms with Gasteiger partial charge in [0.05, 0.1) is 7.11 Å². The zero-order valence-corrected chi connectivity index (χ0v) is 10.5. The van der Waals surface area contributed by atoms with Gasteiger partial charge in [-0.1, -0.05) is 0 Å². The highest BCUT2D eigenvalue weighted by Crippen LogP contribution is 2.18. The van der Waals surface area contributed by atoms with Crippen LogP contribution in [0.5, 0.6) is 0 Å². The Bertz CT molecular complexity index is 332. The van der Waals surface area contributed by atoms with Gasteiger partial charge in [0.25, 0.3) is 0 Å². The number of hydrogen-bond acceptors (Lipinski definition) is 4. The minimum atomic E-state index is -0.793. The molecule has 3 amide bonds. The van der Waals surface area contributed by atoms with Gasteiger partial charge in [-0.15, -0.1) is 11.6 Å². The summed E-state index contributed by atoms with van der Waals surface area (Å²) >= 11 is 5.53. The number of nitrogens with zero attached hydrogens (tertiary/aromatic N) is 1. The lowest BCUT2D eigenvalue weighted by molar-refractivity contribution is -0.145. The van der Waals surface area contributed by atoms with Gasteiger partial charge in [-0.25, -0.2) is 9.59 Å². The van der Waals surface area contributed by atoms with Gasteiger partial charge in [0.1, 0.15) is 11.4 Å². The zero-order chi connectivity index (χ0) is 13.0. The van der Waals surface area contributed by atoms with Crippen molar-refractivity contribution in [3.05, 3.63) is 0 Å². The first-order chi connectivity index (χ1) is 7.97. The molecule has 0 bridgehead atoms. The highest BCUT2D eigenvalue weighted by molar-refractivity contribution is 6.31. The topological polar surface area (TPSA) is 75.7 Å². The van der Waals surface area contributed by atoms with Gasteiger partial charge in [0, 0.05) is 6.54 Å². The summed E-state index contributed by atoms with van der Waals surface area (Å²) in [4.78, 5) is 35.7. The summed E-state index contributed by atoms with van der Waals surface area (Å²) in [5.41, 5.74) is 0. The smallest absolute Gasteiger partial charge is 0.328 e. The Balaban J connectivity index is 2.62. The Hall–Kier alpha value is -1.30. The molecule has 0 aromatic carbocycles. The van der Waals surface area contributed by atoms with Crippen LogP contribution in [0.2, 0.25) is 0 Å². The van der Waals surface area contributed by atoms with Gasteiger partial charge >= 0.3 is 12.0 Å². The van der Waals surface area contributed by atoms with Crippen molar-refractivity contribution < 1.29 is 19.1 Å². The summed E-state index contributed by atoms with van der Waals surface area (Å²) in [6, 6.07) is -1.21. The standard InChI is InChI=1S/C10H15ClN2O4/c1-6(11)8(14)12-10(16)13-5-3-4-7(13)9(15)17-2/h6-7H,3-5H2,1-2H3,(H,12,14,16). The molecule has 2 atom stereocenters. The minimum absolute atomic E-state index is 0.426. The largest absolute Gasteiger partial charge is 0.467 e. The summed E-state index contributed by atoms with van der Waals surface area (Å²) in [7, 11) is 1.27. The maximum atomic E-state index is 11.7. The number of ether oxygens (including phenoxy) is 1. The van der Waals surface area contributed by atoms with E-state index in [2.05, 4.69) is 10.1 Å². The second-order valence-electron chi connectivity index (χ2n) is 3.78. The molecule has 0 aromatic heterocycles. The second kappa shape index (κ2) is 5.86. The summed E-state index contributed by atoms with van der Waals surface area (Å²) in [6.07, 6.45) is 1.25. The number of imide groups is 1. The second-order valence-corrected chi connectivity index (χ2v) is 4.44. The van der Waals surface area contributed by atoms with Crippen LogP contribution in [0.1, 0.15) is 19.8 Å². The molecule has 1 aliphatic heterocycles. The van der Waals surface area contributed by atoms with Crippen LogP contribution < -0.4 is 5.32 Å². The van der Waals surface area contributed by atoms with Crippen LogP contribution in [0.3, 0.4) is 0 Å². The minimum Gasteiger partial charge on any atom is -0.467 e. The van der Waals surface area contributed by atoms with Gasteiger partial charge < -0.3 is 9.64 Å². The third kappa shape index (κ3) is 3.33. The third-order valence-corrected chi connectivity index (χ3v) is 2.78. The summed E-state index contributed by atoms with van der Waals surface area (Å²) in [6.45, 7) is 1.89. The van der Waals surface area contributed by atoms with Crippen molar-refractivity contribution in [2.24, 2.45) is 0 Å². The van der Waals surface area contributed by atoms with Crippen LogP contribution >= 0.6 is 11.6 Å². The maximum absolute atomic E-state index is 11.7. The van der Waals surface area contributed by atoms with Crippen molar-refractivity contribution in [2.45, 2.75) is 31.2 Å². The van der Waals surface area contributed by atoms with Crippen molar-refractivity contribution in [3.63, 3.8) is 0 Å². The Morgan fingerprint density at radius 2 is 2.12 bits per heavy atom. The van der Waals surface area contributed by atoms with Gasteiger partial charge in [0.15, 0.2) is 0 Å². The van der Waals surface area contributed by atoms with E-state index in [-0.39, 0.29) is 0 Å². The monoisotopic (exact) mass is 262 g/mol. The molecule has 0 aromatic rings. The molecule has 1 fully saturated rings. The van der Waals surface area contributed by atoms with Crippen LogP contribution in [0.4, 0.5) is 4.79 Å². The van der Waals surface area contributed by atoms with Gasteiger partial charge in [-0.05, 0) is 19.8 Å². The van der Waals surface area contributed by atoms with E-state index in [0.717, 1.165) is 0 Å². The highest BCUT2D eigenvalue weighted by atomic mass is 35.5. The lowest BCUT2D eigenvalue weighted by atomic mass is 10.2. The number of esters is 1. The molecule has 17 heavy (non-hydrogen) atoms. The number of nitrogens with one attached hydrogen (secondary N) is 1. The molecule has 0 saturated carbocycles. The average molecular weight is 263 g/mol. The molecule has 1 heterocycles. The van der Waals surface area contributed by atoms with Crippen LogP contribution in [-0.2, 0) is 14.3 Å². The number of hydrogen-bond donors (Lipinski definition) is 1. The molecular weight excluding hydrogens is 248 g/mol. The van der Waals surface area contributed by atoms with Gasteiger partial charge in [-0.2, -0.15) is 0 Å². The van der Waals surface area contributed by atoms with E-state index in [1.165, 1.54) is 18.9 Å².